The van der Waals surface area contributed by atoms with Gasteiger partial charge in [-0.2, -0.15) is 0 Å². The molecule has 2 heterocycles. The second kappa shape index (κ2) is 5.30. The van der Waals surface area contributed by atoms with Crippen molar-refractivity contribution in [2.24, 2.45) is 0 Å². The molecule has 1 aliphatic heterocycles. The number of nitrogens with zero attached hydrogens (tertiary/aromatic N) is 3. The summed E-state index contributed by atoms with van der Waals surface area (Å²) in [6, 6.07) is 8.05. The minimum absolute atomic E-state index is 0.0118. The van der Waals surface area contributed by atoms with Crippen molar-refractivity contribution in [2.75, 3.05) is 6.54 Å². The van der Waals surface area contributed by atoms with Gasteiger partial charge in [-0.25, -0.2) is 9.78 Å². The third kappa shape index (κ3) is 2.67. The van der Waals surface area contributed by atoms with Crippen LogP contribution in [0.3, 0.4) is 0 Å². The van der Waals surface area contributed by atoms with Crippen LogP contribution in [0.15, 0.2) is 24.3 Å². The standard InChI is InChI=1S/C17H23N3O2/c1-12-18-13-8-5-6-9-14(13)20(12)15-10-7-11-19(15)16(21)22-17(2,3)4/h5-6,8-9,15H,7,10-11H2,1-4H3. The first-order valence-electron chi connectivity index (χ1n) is 7.80. The summed E-state index contributed by atoms with van der Waals surface area (Å²) in [6.07, 6.45) is 1.66. The van der Waals surface area contributed by atoms with E-state index in [9.17, 15) is 4.79 Å². The highest BCUT2D eigenvalue weighted by Gasteiger charge is 2.34. The summed E-state index contributed by atoms with van der Waals surface area (Å²) >= 11 is 0. The molecule has 0 N–H and O–H groups in total. The molecule has 1 fully saturated rings. The van der Waals surface area contributed by atoms with Crippen molar-refractivity contribution in [3.8, 4) is 0 Å². The lowest BCUT2D eigenvalue weighted by Crippen LogP contribution is -2.38. The molecule has 0 bridgehead atoms. The Hall–Kier alpha value is -2.04. The highest BCUT2D eigenvalue weighted by atomic mass is 16.6. The summed E-state index contributed by atoms with van der Waals surface area (Å²) in [4.78, 5) is 18.9. The monoisotopic (exact) mass is 301 g/mol. The number of likely N-dealkylation sites (tertiary alicyclic amines) is 1. The van der Waals surface area contributed by atoms with E-state index in [1.807, 2.05) is 50.8 Å². The quantitative estimate of drug-likeness (QED) is 0.803. The molecule has 1 unspecified atom stereocenters. The fourth-order valence-corrected chi connectivity index (χ4v) is 3.09. The average molecular weight is 301 g/mol. The molecule has 0 saturated carbocycles. The Morgan fingerprint density at radius 3 is 2.77 bits per heavy atom. The molecule has 2 aromatic rings. The fourth-order valence-electron chi connectivity index (χ4n) is 3.09. The van der Waals surface area contributed by atoms with Crippen LogP contribution < -0.4 is 0 Å². The van der Waals surface area contributed by atoms with Crippen molar-refractivity contribution in [3.63, 3.8) is 0 Å². The Kier molecular flexibility index (Phi) is 3.59. The SMILES string of the molecule is Cc1nc2ccccc2n1C1CCCN1C(=O)OC(C)(C)C. The van der Waals surface area contributed by atoms with E-state index in [1.54, 1.807) is 0 Å². The van der Waals surface area contributed by atoms with Gasteiger partial charge in [0.25, 0.3) is 0 Å². The van der Waals surface area contributed by atoms with E-state index < -0.39 is 5.60 Å². The molecule has 1 aromatic heterocycles. The lowest BCUT2D eigenvalue weighted by Gasteiger charge is -2.30. The van der Waals surface area contributed by atoms with Gasteiger partial charge in [0.05, 0.1) is 11.0 Å². The Bertz CT molecular complexity index is 699. The van der Waals surface area contributed by atoms with Crippen molar-refractivity contribution in [3.05, 3.63) is 30.1 Å². The van der Waals surface area contributed by atoms with Crippen LogP contribution in [0.5, 0.6) is 0 Å². The maximum absolute atomic E-state index is 12.5. The van der Waals surface area contributed by atoms with Gasteiger partial charge in [0.2, 0.25) is 0 Å². The van der Waals surface area contributed by atoms with Crippen molar-refractivity contribution in [1.82, 2.24) is 14.5 Å². The average Bonchev–Trinajstić information content (AvgIpc) is 2.99. The minimum atomic E-state index is -0.476. The Labute approximate surface area is 130 Å². The van der Waals surface area contributed by atoms with E-state index in [0.29, 0.717) is 0 Å². The number of carbonyl (C=O) groups is 1. The predicted molar refractivity (Wildman–Crippen MR) is 85.7 cm³/mol. The maximum Gasteiger partial charge on any atom is 0.411 e. The Morgan fingerprint density at radius 2 is 2.05 bits per heavy atom. The second-order valence-corrected chi connectivity index (χ2v) is 6.81. The highest BCUT2D eigenvalue weighted by molar-refractivity contribution is 5.76. The molecule has 1 aromatic carbocycles. The molecule has 0 aliphatic carbocycles. The van der Waals surface area contributed by atoms with Crippen molar-refractivity contribution in [2.45, 2.75) is 52.3 Å². The third-order valence-corrected chi connectivity index (χ3v) is 3.92. The van der Waals surface area contributed by atoms with Gasteiger partial charge < -0.3 is 9.30 Å². The van der Waals surface area contributed by atoms with Gasteiger partial charge in [0.15, 0.2) is 0 Å². The number of amides is 1. The number of para-hydroxylation sites is 2. The molecule has 1 saturated heterocycles. The van der Waals surface area contributed by atoms with Crippen LogP contribution in [0, 0.1) is 6.92 Å². The van der Waals surface area contributed by atoms with Gasteiger partial charge in [-0.15, -0.1) is 0 Å². The first-order chi connectivity index (χ1) is 10.4. The molecule has 1 aliphatic rings. The van der Waals surface area contributed by atoms with Gasteiger partial charge in [-0.1, -0.05) is 12.1 Å². The van der Waals surface area contributed by atoms with Gasteiger partial charge >= 0.3 is 6.09 Å². The lowest BCUT2D eigenvalue weighted by atomic mass is 10.2. The summed E-state index contributed by atoms with van der Waals surface area (Å²) in [5, 5.41) is 0. The van der Waals surface area contributed by atoms with Crippen LogP contribution in [-0.2, 0) is 4.74 Å². The lowest BCUT2D eigenvalue weighted by molar-refractivity contribution is 0.0165. The summed E-state index contributed by atoms with van der Waals surface area (Å²) in [7, 11) is 0. The first kappa shape index (κ1) is 14.9. The maximum atomic E-state index is 12.5. The molecule has 22 heavy (non-hydrogen) atoms. The smallest absolute Gasteiger partial charge is 0.411 e. The predicted octanol–water partition coefficient (Wildman–Crippen LogP) is 3.87. The van der Waals surface area contributed by atoms with Gasteiger partial charge in [0, 0.05) is 6.54 Å². The molecule has 0 radical (unpaired) electrons. The van der Waals surface area contributed by atoms with E-state index in [1.165, 1.54) is 0 Å². The van der Waals surface area contributed by atoms with Crippen molar-refractivity contribution in [1.29, 1.82) is 0 Å². The number of hydrogen-bond donors (Lipinski definition) is 0. The van der Waals surface area contributed by atoms with Crippen LogP contribution in [0.25, 0.3) is 11.0 Å². The van der Waals surface area contributed by atoms with E-state index >= 15 is 0 Å². The summed E-state index contributed by atoms with van der Waals surface area (Å²) in [5.74, 6) is 0.932. The summed E-state index contributed by atoms with van der Waals surface area (Å²) < 4.78 is 7.71. The minimum Gasteiger partial charge on any atom is -0.444 e. The van der Waals surface area contributed by atoms with Gasteiger partial charge in [-0.05, 0) is 52.7 Å². The highest BCUT2D eigenvalue weighted by Crippen LogP contribution is 2.32. The normalized spacial score (nSPS) is 18.9. The van der Waals surface area contributed by atoms with Gasteiger partial charge in [0.1, 0.15) is 17.6 Å². The number of benzene rings is 1. The number of rotatable bonds is 1. The fraction of sp³-hybridized carbons (Fsp3) is 0.529. The zero-order chi connectivity index (χ0) is 15.9. The number of fused-ring (bicyclic) bond motifs is 1. The number of aromatic nitrogens is 2. The number of aryl methyl sites for hydroxylation is 1. The third-order valence-electron chi connectivity index (χ3n) is 3.92. The Morgan fingerprint density at radius 1 is 1.32 bits per heavy atom. The molecule has 5 heteroatoms. The number of hydrogen-bond acceptors (Lipinski definition) is 3. The molecule has 1 atom stereocenters. The summed E-state index contributed by atoms with van der Waals surface area (Å²) in [6.45, 7) is 8.41. The summed E-state index contributed by atoms with van der Waals surface area (Å²) in [5.41, 5.74) is 1.56. The molecular weight excluding hydrogens is 278 g/mol. The van der Waals surface area contributed by atoms with E-state index in [-0.39, 0.29) is 12.3 Å². The van der Waals surface area contributed by atoms with Crippen molar-refractivity contribution >= 4 is 17.1 Å². The number of ether oxygens (including phenoxy) is 1. The zero-order valence-corrected chi connectivity index (χ0v) is 13.7. The molecule has 5 nitrogen and oxygen atoms in total. The zero-order valence-electron chi connectivity index (χ0n) is 13.7. The molecular formula is C17H23N3O2. The molecule has 1 amide bonds. The number of imidazole rings is 1. The molecule has 0 spiro atoms. The van der Waals surface area contributed by atoms with E-state index in [4.69, 9.17) is 4.74 Å². The second-order valence-electron chi connectivity index (χ2n) is 6.81. The van der Waals surface area contributed by atoms with E-state index in [0.717, 1.165) is 36.2 Å². The van der Waals surface area contributed by atoms with Crippen LogP contribution in [-0.4, -0.2) is 32.7 Å². The Balaban J connectivity index is 1.95. The van der Waals surface area contributed by atoms with Crippen LogP contribution >= 0.6 is 0 Å². The van der Waals surface area contributed by atoms with Crippen LogP contribution in [0.2, 0.25) is 0 Å². The van der Waals surface area contributed by atoms with Gasteiger partial charge in [-0.3, -0.25) is 4.90 Å². The van der Waals surface area contributed by atoms with Crippen LogP contribution in [0.1, 0.15) is 45.6 Å². The largest absolute Gasteiger partial charge is 0.444 e. The van der Waals surface area contributed by atoms with Crippen LogP contribution in [0.4, 0.5) is 4.79 Å². The topological polar surface area (TPSA) is 47.4 Å². The molecule has 3 rings (SSSR count). The first-order valence-corrected chi connectivity index (χ1v) is 7.80. The molecule has 118 valence electrons. The van der Waals surface area contributed by atoms with E-state index in [2.05, 4.69) is 15.6 Å². The number of carbonyl (C=O) groups excluding carboxylic acids is 1. The van der Waals surface area contributed by atoms with Crippen molar-refractivity contribution < 1.29 is 9.53 Å².